The summed E-state index contributed by atoms with van der Waals surface area (Å²) in [5, 5.41) is 2.61. The Bertz CT molecular complexity index is 354. The molecular weight excluding hydrogens is 191 g/mol. The minimum Gasteiger partial charge on any atom is -0.366 e. The van der Waals surface area contributed by atoms with Gasteiger partial charge in [0.2, 0.25) is 0 Å². The third kappa shape index (κ3) is 2.22. The lowest BCUT2D eigenvalue weighted by Crippen LogP contribution is -2.13. The maximum Gasteiger partial charge on any atom is 0.251 e. The fourth-order valence-corrected chi connectivity index (χ4v) is 1.01. The van der Waals surface area contributed by atoms with Crippen LogP contribution >= 0.6 is 12.2 Å². The van der Waals surface area contributed by atoms with Gasteiger partial charge in [0.1, 0.15) is 5.82 Å². The fourth-order valence-electron chi connectivity index (χ4n) is 0.873. The van der Waals surface area contributed by atoms with E-state index in [4.69, 9.17) is 5.73 Å². The summed E-state index contributed by atoms with van der Waals surface area (Å²) >= 11 is 4.51. The lowest BCUT2D eigenvalue weighted by Gasteiger charge is -2.01. The number of primary amides is 1. The summed E-state index contributed by atoms with van der Waals surface area (Å²) in [7, 11) is 0. The Morgan fingerprint density at radius 3 is 2.77 bits per heavy atom. The monoisotopic (exact) mass is 198 g/mol. The van der Waals surface area contributed by atoms with Gasteiger partial charge in [-0.3, -0.25) is 4.79 Å². The van der Waals surface area contributed by atoms with Crippen LogP contribution in [0.25, 0.3) is 0 Å². The number of anilines is 1. The Balaban J connectivity index is 3.05. The van der Waals surface area contributed by atoms with Crippen LogP contribution in [0.15, 0.2) is 18.2 Å². The summed E-state index contributed by atoms with van der Waals surface area (Å²) in [4.78, 5) is 10.6. The molecule has 0 aliphatic rings. The third-order valence-electron chi connectivity index (χ3n) is 1.46. The first-order valence-electron chi connectivity index (χ1n) is 3.44. The molecule has 0 atom stereocenters. The van der Waals surface area contributed by atoms with Crippen molar-refractivity contribution in [3.8, 4) is 0 Å². The highest BCUT2D eigenvalue weighted by Crippen LogP contribution is 2.13. The Hall–Kier alpha value is -1.49. The number of benzene rings is 1. The quantitative estimate of drug-likeness (QED) is 0.719. The Labute approximate surface area is 79.7 Å². The minimum atomic E-state index is -0.786. The normalized spacial score (nSPS) is 9.31. The number of carbonyl (C=O) groups excluding carboxylic acids is 1. The second-order valence-electron chi connectivity index (χ2n) is 2.32. The third-order valence-corrected chi connectivity index (χ3v) is 1.58. The zero-order valence-corrected chi connectivity index (χ0v) is 7.40. The highest BCUT2D eigenvalue weighted by molar-refractivity contribution is 7.79. The molecule has 0 fully saturated rings. The number of rotatable bonds is 3. The summed E-state index contributed by atoms with van der Waals surface area (Å²) in [6.07, 6.45) is 0. The molecule has 1 rings (SSSR count). The summed E-state index contributed by atoms with van der Waals surface area (Å²) in [6, 6.07) is 3.98. The van der Waals surface area contributed by atoms with Crippen LogP contribution in [0.1, 0.15) is 10.4 Å². The van der Waals surface area contributed by atoms with E-state index in [2.05, 4.69) is 17.5 Å². The SMILES string of the molecule is NC(=O)c1ccc(NC=S)cc1F. The highest BCUT2D eigenvalue weighted by Gasteiger charge is 2.07. The predicted octanol–water partition coefficient (Wildman–Crippen LogP) is 1.29. The Kier molecular flexibility index (Phi) is 2.92. The first-order valence-corrected chi connectivity index (χ1v) is 3.92. The number of amides is 1. The molecule has 13 heavy (non-hydrogen) atoms. The standard InChI is InChI=1S/C8H7FN2OS/c9-7-3-5(11-4-13)1-2-6(7)8(10)12/h1-4H,(H2,10,12)(H,11,13). The van der Waals surface area contributed by atoms with Gasteiger partial charge < -0.3 is 11.1 Å². The van der Waals surface area contributed by atoms with Crippen LogP contribution in [0.2, 0.25) is 0 Å². The molecule has 1 amide bonds. The maximum atomic E-state index is 13.0. The largest absolute Gasteiger partial charge is 0.366 e. The number of carbonyl (C=O) groups is 1. The minimum absolute atomic E-state index is 0.130. The van der Waals surface area contributed by atoms with Crippen LogP contribution < -0.4 is 11.1 Å². The van der Waals surface area contributed by atoms with E-state index in [1.54, 1.807) is 0 Å². The zero-order valence-electron chi connectivity index (χ0n) is 6.58. The van der Waals surface area contributed by atoms with Crippen LogP contribution in [0.4, 0.5) is 10.1 Å². The smallest absolute Gasteiger partial charge is 0.251 e. The van der Waals surface area contributed by atoms with Crippen molar-refractivity contribution in [2.75, 3.05) is 5.32 Å². The molecule has 0 unspecified atom stereocenters. The summed E-state index contributed by atoms with van der Waals surface area (Å²) in [5.41, 5.74) is 6.51. The molecule has 68 valence electrons. The van der Waals surface area contributed by atoms with Crippen molar-refractivity contribution in [2.24, 2.45) is 5.73 Å². The maximum absolute atomic E-state index is 13.0. The number of halogens is 1. The van der Waals surface area contributed by atoms with Gasteiger partial charge >= 0.3 is 0 Å². The van der Waals surface area contributed by atoms with Crippen molar-refractivity contribution in [3.63, 3.8) is 0 Å². The van der Waals surface area contributed by atoms with Crippen molar-refractivity contribution in [1.29, 1.82) is 0 Å². The topological polar surface area (TPSA) is 55.1 Å². The second kappa shape index (κ2) is 3.95. The highest BCUT2D eigenvalue weighted by atomic mass is 32.1. The average Bonchev–Trinajstić information content (AvgIpc) is 2.04. The first kappa shape index (κ1) is 9.60. The van der Waals surface area contributed by atoms with Gasteiger partial charge in [-0.2, -0.15) is 0 Å². The van der Waals surface area contributed by atoms with Crippen LogP contribution in [0.3, 0.4) is 0 Å². The van der Waals surface area contributed by atoms with Gasteiger partial charge in [-0.05, 0) is 18.2 Å². The van der Waals surface area contributed by atoms with Crippen molar-refractivity contribution in [1.82, 2.24) is 0 Å². The summed E-state index contributed by atoms with van der Waals surface area (Å²) < 4.78 is 13.0. The molecular formula is C8H7FN2OS. The zero-order chi connectivity index (χ0) is 9.84. The van der Waals surface area contributed by atoms with Crippen LogP contribution in [-0.2, 0) is 0 Å². The second-order valence-corrected chi connectivity index (χ2v) is 2.56. The van der Waals surface area contributed by atoms with E-state index in [0.29, 0.717) is 5.69 Å². The lowest BCUT2D eigenvalue weighted by molar-refractivity contribution is 0.0996. The molecule has 1 aromatic carbocycles. The molecule has 0 radical (unpaired) electrons. The van der Waals surface area contributed by atoms with Gasteiger partial charge in [0.25, 0.3) is 5.91 Å². The number of nitrogens with two attached hydrogens (primary N) is 1. The number of hydrogen-bond donors (Lipinski definition) is 2. The van der Waals surface area contributed by atoms with E-state index in [-0.39, 0.29) is 5.56 Å². The first-order chi connectivity index (χ1) is 6.15. The van der Waals surface area contributed by atoms with Gasteiger partial charge in [-0.1, -0.05) is 12.2 Å². The molecule has 0 bridgehead atoms. The molecule has 0 aromatic heterocycles. The lowest BCUT2D eigenvalue weighted by atomic mass is 10.2. The van der Waals surface area contributed by atoms with E-state index in [1.807, 2.05) is 0 Å². The van der Waals surface area contributed by atoms with E-state index >= 15 is 0 Å². The van der Waals surface area contributed by atoms with Crippen molar-refractivity contribution in [2.45, 2.75) is 0 Å². The van der Waals surface area contributed by atoms with Crippen molar-refractivity contribution >= 4 is 29.3 Å². The summed E-state index contributed by atoms with van der Waals surface area (Å²) in [5.74, 6) is -1.44. The van der Waals surface area contributed by atoms with Gasteiger partial charge in [0.05, 0.1) is 11.1 Å². The summed E-state index contributed by atoms with van der Waals surface area (Å²) in [6.45, 7) is 0. The van der Waals surface area contributed by atoms with Gasteiger partial charge in [0.15, 0.2) is 0 Å². The Morgan fingerprint density at radius 2 is 2.31 bits per heavy atom. The fraction of sp³-hybridized carbons (Fsp3) is 0. The van der Waals surface area contributed by atoms with Crippen molar-refractivity contribution < 1.29 is 9.18 Å². The molecule has 3 nitrogen and oxygen atoms in total. The molecule has 0 aliphatic heterocycles. The van der Waals surface area contributed by atoms with Crippen LogP contribution in [-0.4, -0.2) is 11.4 Å². The van der Waals surface area contributed by atoms with Gasteiger partial charge in [0, 0.05) is 5.69 Å². The average molecular weight is 198 g/mol. The molecule has 0 spiro atoms. The predicted molar refractivity (Wildman–Crippen MR) is 52.2 cm³/mol. The molecule has 3 N–H and O–H groups in total. The van der Waals surface area contributed by atoms with Gasteiger partial charge in [-0.25, -0.2) is 4.39 Å². The van der Waals surface area contributed by atoms with Crippen LogP contribution in [0.5, 0.6) is 0 Å². The van der Waals surface area contributed by atoms with E-state index < -0.39 is 11.7 Å². The Morgan fingerprint density at radius 1 is 1.62 bits per heavy atom. The number of nitrogens with one attached hydrogen (secondary N) is 1. The molecule has 1 aromatic rings. The molecule has 0 saturated carbocycles. The van der Waals surface area contributed by atoms with E-state index in [9.17, 15) is 9.18 Å². The molecule has 5 heteroatoms. The number of hydrogen-bond acceptors (Lipinski definition) is 2. The molecule has 0 aliphatic carbocycles. The molecule has 0 saturated heterocycles. The van der Waals surface area contributed by atoms with Crippen molar-refractivity contribution in [3.05, 3.63) is 29.6 Å². The van der Waals surface area contributed by atoms with E-state index in [1.165, 1.54) is 17.6 Å². The molecule has 0 heterocycles. The van der Waals surface area contributed by atoms with Gasteiger partial charge in [-0.15, -0.1) is 0 Å². The number of thiocarbonyl (C=S) groups is 1. The van der Waals surface area contributed by atoms with Crippen LogP contribution in [0, 0.1) is 5.82 Å². The van der Waals surface area contributed by atoms with E-state index in [0.717, 1.165) is 6.07 Å².